The number of ether oxygens (including phenoxy) is 1. The number of ketones is 1. The second-order valence-corrected chi connectivity index (χ2v) is 4.24. The summed E-state index contributed by atoms with van der Waals surface area (Å²) >= 11 is 4.02. The second kappa shape index (κ2) is 6.31. The molecule has 0 radical (unpaired) electrons. The Bertz CT molecular complexity index is 504. The zero-order chi connectivity index (χ0) is 13.7. The van der Waals surface area contributed by atoms with Gasteiger partial charge in [0.15, 0.2) is 5.78 Å². The van der Waals surface area contributed by atoms with Gasteiger partial charge in [0.05, 0.1) is 0 Å². The maximum Gasteiger partial charge on any atom is 0.167 e. The van der Waals surface area contributed by atoms with E-state index in [1.54, 1.807) is 23.6 Å². The van der Waals surface area contributed by atoms with E-state index in [9.17, 15) is 9.90 Å². The molecule has 0 aliphatic heterocycles. The van der Waals surface area contributed by atoms with Crippen LogP contribution < -0.4 is 4.74 Å². The Morgan fingerprint density at radius 3 is 2.72 bits per heavy atom. The minimum atomic E-state index is -0.0612. The number of Topliss-reactive ketones (excluding diaryl/α,β-unsaturated/α-hetero) is 1. The molecule has 96 valence electrons. The lowest BCUT2D eigenvalue weighted by molar-refractivity contribution is -0.118. The van der Waals surface area contributed by atoms with E-state index in [1.165, 1.54) is 6.92 Å². The predicted molar refractivity (Wildman–Crippen MR) is 77.0 cm³/mol. The highest BCUT2D eigenvalue weighted by Gasteiger charge is 2.09. The summed E-state index contributed by atoms with van der Waals surface area (Å²) in [5.74, 6) is 0.449. The molecule has 0 spiro atoms. The number of carbonyl (C=O) groups excluding carboxylic acids is 1. The van der Waals surface area contributed by atoms with E-state index in [4.69, 9.17) is 4.74 Å². The van der Waals surface area contributed by atoms with Crippen LogP contribution in [0.3, 0.4) is 0 Å². The topological polar surface area (TPSA) is 46.5 Å². The van der Waals surface area contributed by atoms with Crippen molar-refractivity contribution in [2.75, 3.05) is 6.61 Å². The van der Waals surface area contributed by atoms with E-state index < -0.39 is 0 Å². The molecular formula is C14H16O3S. The van der Waals surface area contributed by atoms with Crippen molar-refractivity contribution in [1.29, 1.82) is 0 Å². The molecule has 0 aliphatic carbocycles. The Morgan fingerprint density at radius 2 is 2.22 bits per heavy atom. The van der Waals surface area contributed by atoms with Gasteiger partial charge in [-0.15, -0.1) is 0 Å². The molecule has 0 atom stereocenters. The molecule has 3 nitrogen and oxygen atoms in total. The van der Waals surface area contributed by atoms with Gasteiger partial charge in [0, 0.05) is 5.56 Å². The number of rotatable bonds is 5. The molecule has 0 aromatic heterocycles. The average Bonchev–Trinajstić information content (AvgIpc) is 2.29. The van der Waals surface area contributed by atoms with Crippen LogP contribution in [0.4, 0.5) is 0 Å². The minimum absolute atomic E-state index is 0.00618. The molecule has 0 bridgehead atoms. The molecule has 1 aromatic rings. The van der Waals surface area contributed by atoms with Crippen molar-refractivity contribution < 1.29 is 14.6 Å². The van der Waals surface area contributed by atoms with Crippen LogP contribution in [0.15, 0.2) is 24.1 Å². The van der Waals surface area contributed by atoms with Crippen LogP contribution in [-0.2, 0) is 4.79 Å². The number of aliphatic hydroxyl groups is 1. The molecule has 18 heavy (non-hydrogen) atoms. The Labute approximate surface area is 112 Å². The Morgan fingerprint density at radius 1 is 1.56 bits per heavy atom. The van der Waals surface area contributed by atoms with E-state index in [2.05, 4.69) is 19.2 Å². The smallest absolute Gasteiger partial charge is 0.167 e. The highest BCUT2D eigenvalue weighted by atomic mass is 32.1. The molecule has 0 amide bonds. The van der Waals surface area contributed by atoms with Gasteiger partial charge < -0.3 is 9.84 Å². The molecule has 0 saturated carbocycles. The molecule has 1 aromatic carbocycles. The summed E-state index contributed by atoms with van der Waals surface area (Å²) in [6, 6.07) is 3.45. The summed E-state index contributed by atoms with van der Waals surface area (Å²) in [7, 11) is 0. The van der Waals surface area contributed by atoms with Gasteiger partial charge in [0.1, 0.15) is 18.1 Å². The third-order valence-electron chi connectivity index (χ3n) is 2.42. The fourth-order valence-electron chi connectivity index (χ4n) is 1.46. The first kappa shape index (κ1) is 14.4. The summed E-state index contributed by atoms with van der Waals surface area (Å²) in [4.78, 5) is 10.9. The highest BCUT2D eigenvalue weighted by molar-refractivity contribution is 7.83. The first-order valence-electron chi connectivity index (χ1n) is 5.41. The van der Waals surface area contributed by atoms with Crippen LogP contribution in [0.25, 0.3) is 11.8 Å². The number of aliphatic hydroxyl groups excluding tert-OH is 1. The molecule has 1 rings (SSSR count). The van der Waals surface area contributed by atoms with Gasteiger partial charge in [-0.25, -0.2) is 0 Å². The number of thiol groups is 1. The van der Waals surface area contributed by atoms with Crippen molar-refractivity contribution in [1.82, 2.24) is 0 Å². The largest absolute Gasteiger partial charge is 0.508 e. The van der Waals surface area contributed by atoms with Gasteiger partial charge in [-0.05, 0) is 48.6 Å². The van der Waals surface area contributed by atoms with Crippen molar-refractivity contribution in [2.24, 2.45) is 0 Å². The van der Waals surface area contributed by atoms with Crippen molar-refractivity contribution >= 4 is 30.2 Å². The lowest BCUT2D eigenvalue weighted by atomic mass is 10.0. The lowest BCUT2D eigenvalue weighted by Crippen LogP contribution is -2.08. The quantitative estimate of drug-likeness (QED) is 0.633. The first-order chi connectivity index (χ1) is 8.45. The molecule has 0 fully saturated rings. The molecule has 1 N–H and O–H groups in total. The SMILES string of the molecule is C=C(O)c1cc(/C=C\S)c(C)c(OCC(C)=O)c1. The molecule has 0 saturated heterocycles. The normalized spacial score (nSPS) is 10.6. The number of hydrogen-bond acceptors (Lipinski definition) is 4. The zero-order valence-electron chi connectivity index (χ0n) is 10.4. The van der Waals surface area contributed by atoms with E-state index in [0.29, 0.717) is 11.3 Å². The first-order valence-corrected chi connectivity index (χ1v) is 5.93. The van der Waals surface area contributed by atoms with Gasteiger partial charge in [0.2, 0.25) is 0 Å². The number of benzene rings is 1. The fourth-order valence-corrected chi connectivity index (χ4v) is 1.62. The van der Waals surface area contributed by atoms with Gasteiger partial charge >= 0.3 is 0 Å². The Kier molecular flexibility index (Phi) is 5.04. The van der Waals surface area contributed by atoms with Gasteiger partial charge in [-0.3, -0.25) is 4.79 Å². The van der Waals surface area contributed by atoms with Crippen LogP contribution in [0.1, 0.15) is 23.6 Å². The number of hydrogen-bond donors (Lipinski definition) is 2. The van der Waals surface area contributed by atoms with Crippen LogP contribution in [0, 0.1) is 6.92 Å². The van der Waals surface area contributed by atoms with Crippen molar-refractivity contribution in [3.05, 3.63) is 40.8 Å². The monoisotopic (exact) mass is 264 g/mol. The van der Waals surface area contributed by atoms with Gasteiger partial charge in [-0.1, -0.05) is 6.58 Å². The highest BCUT2D eigenvalue weighted by Crippen LogP contribution is 2.27. The van der Waals surface area contributed by atoms with Crippen molar-refractivity contribution in [3.63, 3.8) is 0 Å². The Hall–Kier alpha value is -1.68. The van der Waals surface area contributed by atoms with Crippen LogP contribution in [-0.4, -0.2) is 17.5 Å². The second-order valence-electron chi connectivity index (χ2n) is 3.94. The summed E-state index contributed by atoms with van der Waals surface area (Å²) in [5, 5.41) is 11.0. The lowest BCUT2D eigenvalue weighted by Gasteiger charge is -2.12. The molecule has 4 heteroatoms. The van der Waals surface area contributed by atoms with Crippen molar-refractivity contribution in [3.8, 4) is 5.75 Å². The van der Waals surface area contributed by atoms with E-state index in [-0.39, 0.29) is 18.1 Å². The van der Waals surface area contributed by atoms with E-state index in [1.807, 2.05) is 6.92 Å². The fraction of sp³-hybridized carbons (Fsp3) is 0.214. The molecule has 0 unspecified atom stereocenters. The third kappa shape index (κ3) is 3.67. The van der Waals surface area contributed by atoms with Crippen LogP contribution in [0.2, 0.25) is 0 Å². The predicted octanol–water partition coefficient (Wildman–Crippen LogP) is 3.39. The van der Waals surface area contributed by atoms with Gasteiger partial charge in [-0.2, -0.15) is 12.6 Å². The minimum Gasteiger partial charge on any atom is -0.508 e. The summed E-state index contributed by atoms with van der Waals surface area (Å²) in [5.41, 5.74) is 2.29. The zero-order valence-corrected chi connectivity index (χ0v) is 11.3. The van der Waals surface area contributed by atoms with Crippen LogP contribution >= 0.6 is 12.6 Å². The molecule has 0 heterocycles. The molecular weight excluding hydrogens is 248 g/mol. The molecule has 0 aliphatic rings. The maximum atomic E-state index is 10.9. The summed E-state index contributed by atoms with van der Waals surface area (Å²) < 4.78 is 5.42. The number of carbonyl (C=O) groups is 1. The van der Waals surface area contributed by atoms with Gasteiger partial charge in [0.25, 0.3) is 0 Å². The van der Waals surface area contributed by atoms with E-state index >= 15 is 0 Å². The summed E-state index contributed by atoms with van der Waals surface area (Å²) in [6.07, 6.45) is 1.78. The summed E-state index contributed by atoms with van der Waals surface area (Å²) in [6.45, 7) is 6.82. The Balaban J connectivity index is 3.21. The van der Waals surface area contributed by atoms with E-state index in [0.717, 1.165) is 11.1 Å². The van der Waals surface area contributed by atoms with Crippen LogP contribution in [0.5, 0.6) is 5.75 Å². The van der Waals surface area contributed by atoms with Crippen molar-refractivity contribution in [2.45, 2.75) is 13.8 Å². The average molecular weight is 264 g/mol. The maximum absolute atomic E-state index is 10.9. The standard InChI is InChI=1S/C14H16O3S/c1-9(15)8-17-14-7-13(11(3)16)6-12(4-5-18)10(14)2/h4-7,16,18H,3,8H2,1-2H3/b5-4-. The third-order valence-corrected chi connectivity index (χ3v) is 2.57.